The second-order valence-corrected chi connectivity index (χ2v) is 2.53. The molecule has 1 unspecified atom stereocenters. The van der Waals surface area contributed by atoms with E-state index in [2.05, 4.69) is 5.32 Å². The Labute approximate surface area is 71.6 Å². The van der Waals surface area contributed by atoms with E-state index in [1.165, 1.54) is 0 Å². The first kappa shape index (κ1) is 11.4. The number of aliphatic hydroxyl groups excluding tert-OH is 2. The fraction of sp³-hybridized carbons (Fsp3) is 0.857. The molecule has 0 heterocycles. The molecule has 1 atom stereocenters. The van der Waals surface area contributed by atoms with Gasteiger partial charge in [0.1, 0.15) is 0 Å². The highest BCUT2D eigenvalue weighted by Gasteiger charge is 2.04. The van der Waals surface area contributed by atoms with E-state index in [9.17, 15) is 4.79 Å². The van der Waals surface area contributed by atoms with Crippen LogP contribution in [0.25, 0.3) is 0 Å². The van der Waals surface area contributed by atoms with Crippen LogP contribution in [0.5, 0.6) is 0 Å². The number of nitrogens with one attached hydrogen (secondary N) is 1. The van der Waals surface area contributed by atoms with Crippen molar-refractivity contribution in [2.45, 2.75) is 18.9 Å². The Balaban J connectivity index is 3.31. The molecule has 0 rings (SSSR count). The van der Waals surface area contributed by atoms with Crippen molar-refractivity contribution in [2.75, 3.05) is 19.7 Å². The van der Waals surface area contributed by atoms with Gasteiger partial charge in [0.05, 0.1) is 12.7 Å². The maximum Gasteiger partial charge on any atom is 0.220 e. The van der Waals surface area contributed by atoms with E-state index >= 15 is 0 Å². The van der Waals surface area contributed by atoms with Crippen LogP contribution in [-0.4, -0.2) is 41.9 Å². The first-order chi connectivity index (χ1) is 5.70. The van der Waals surface area contributed by atoms with Gasteiger partial charge >= 0.3 is 0 Å². The molecule has 0 aliphatic carbocycles. The lowest BCUT2D eigenvalue weighted by atomic mass is 10.3. The molecular formula is C7H16N2O3. The maximum atomic E-state index is 10.9. The van der Waals surface area contributed by atoms with Crippen molar-refractivity contribution in [2.24, 2.45) is 5.73 Å². The van der Waals surface area contributed by atoms with Crippen molar-refractivity contribution < 1.29 is 15.0 Å². The minimum absolute atomic E-state index is 0.0971. The molecule has 0 aromatic rings. The van der Waals surface area contributed by atoms with E-state index in [0.29, 0.717) is 19.4 Å². The third-order valence-electron chi connectivity index (χ3n) is 1.35. The van der Waals surface area contributed by atoms with Gasteiger partial charge in [0, 0.05) is 13.0 Å². The quantitative estimate of drug-likeness (QED) is 0.384. The zero-order valence-electron chi connectivity index (χ0n) is 6.99. The summed E-state index contributed by atoms with van der Waals surface area (Å²) < 4.78 is 0. The summed E-state index contributed by atoms with van der Waals surface area (Å²) in [6, 6.07) is 0. The van der Waals surface area contributed by atoms with Gasteiger partial charge in [0.15, 0.2) is 0 Å². The van der Waals surface area contributed by atoms with Gasteiger partial charge < -0.3 is 21.3 Å². The standard InChI is InChI=1S/C7H16N2O3/c8-3-1-2-7(12)9-4-6(11)5-10/h6,10-11H,1-5,8H2,(H,9,12). The second kappa shape index (κ2) is 7.02. The number of nitrogens with two attached hydrogens (primary N) is 1. The first-order valence-electron chi connectivity index (χ1n) is 3.96. The van der Waals surface area contributed by atoms with E-state index in [1.807, 2.05) is 0 Å². The predicted octanol–water partition coefficient (Wildman–Crippen LogP) is -1.81. The van der Waals surface area contributed by atoms with Crippen molar-refractivity contribution in [3.05, 3.63) is 0 Å². The summed E-state index contributed by atoms with van der Waals surface area (Å²) in [4.78, 5) is 10.9. The third kappa shape index (κ3) is 6.09. The number of rotatable bonds is 6. The fourth-order valence-electron chi connectivity index (χ4n) is 0.647. The van der Waals surface area contributed by atoms with E-state index in [1.54, 1.807) is 0 Å². The molecule has 5 heteroatoms. The Bertz CT molecular complexity index is 130. The van der Waals surface area contributed by atoms with Gasteiger partial charge in [-0.15, -0.1) is 0 Å². The summed E-state index contributed by atoms with van der Waals surface area (Å²) in [6.45, 7) is 0.243. The molecule has 0 aromatic heterocycles. The van der Waals surface area contributed by atoms with Gasteiger partial charge in [-0.25, -0.2) is 0 Å². The van der Waals surface area contributed by atoms with Crippen molar-refractivity contribution in [3.8, 4) is 0 Å². The van der Waals surface area contributed by atoms with Crippen LogP contribution < -0.4 is 11.1 Å². The van der Waals surface area contributed by atoms with Gasteiger partial charge in [0.25, 0.3) is 0 Å². The van der Waals surface area contributed by atoms with Gasteiger partial charge in [-0.1, -0.05) is 0 Å². The first-order valence-corrected chi connectivity index (χ1v) is 3.96. The second-order valence-electron chi connectivity index (χ2n) is 2.53. The van der Waals surface area contributed by atoms with Crippen molar-refractivity contribution in [1.82, 2.24) is 5.32 Å². The summed E-state index contributed by atoms with van der Waals surface area (Å²) in [6.07, 6.45) is 0.141. The molecule has 0 saturated carbocycles. The lowest BCUT2D eigenvalue weighted by molar-refractivity contribution is -0.121. The Morgan fingerprint density at radius 3 is 2.75 bits per heavy atom. The molecule has 0 fully saturated rings. The van der Waals surface area contributed by atoms with Crippen molar-refractivity contribution in [3.63, 3.8) is 0 Å². The summed E-state index contributed by atoms with van der Waals surface area (Å²) in [5.74, 6) is -0.145. The fourth-order valence-corrected chi connectivity index (χ4v) is 0.647. The lowest BCUT2D eigenvalue weighted by Crippen LogP contribution is -2.33. The number of hydrogen-bond acceptors (Lipinski definition) is 4. The molecule has 1 amide bonds. The normalized spacial score (nSPS) is 12.6. The minimum Gasteiger partial charge on any atom is -0.394 e. The lowest BCUT2D eigenvalue weighted by Gasteiger charge is -2.08. The number of carbonyl (C=O) groups is 1. The smallest absolute Gasteiger partial charge is 0.220 e. The Morgan fingerprint density at radius 1 is 1.58 bits per heavy atom. The van der Waals surface area contributed by atoms with Crippen LogP contribution in [0.15, 0.2) is 0 Å². The van der Waals surface area contributed by atoms with E-state index in [4.69, 9.17) is 15.9 Å². The number of aliphatic hydroxyl groups is 2. The van der Waals surface area contributed by atoms with Crippen LogP contribution in [0.1, 0.15) is 12.8 Å². The highest BCUT2D eigenvalue weighted by atomic mass is 16.3. The minimum atomic E-state index is -0.869. The summed E-state index contributed by atoms with van der Waals surface area (Å²) in [5.41, 5.74) is 5.19. The van der Waals surface area contributed by atoms with E-state index in [-0.39, 0.29) is 19.1 Å². The Kier molecular flexibility index (Phi) is 6.64. The van der Waals surface area contributed by atoms with Gasteiger partial charge in [-0.2, -0.15) is 0 Å². The molecule has 12 heavy (non-hydrogen) atoms. The molecule has 0 spiro atoms. The highest BCUT2D eigenvalue weighted by molar-refractivity contribution is 5.75. The predicted molar refractivity (Wildman–Crippen MR) is 44.4 cm³/mol. The number of hydrogen-bond donors (Lipinski definition) is 4. The number of carbonyl (C=O) groups excluding carboxylic acids is 1. The Morgan fingerprint density at radius 2 is 2.25 bits per heavy atom. The van der Waals surface area contributed by atoms with Crippen LogP contribution in [0.3, 0.4) is 0 Å². The topological polar surface area (TPSA) is 95.6 Å². The number of amides is 1. The van der Waals surface area contributed by atoms with Crippen LogP contribution in [-0.2, 0) is 4.79 Å². The van der Waals surface area contributed by atoms with E-state index in [0.717, 1.165) is 0 Å². The summed E-state index contributed by atoms with van der Waals surface area (Å²) in [7, 11) is 0. The average Bonchev–Trinajstić information content (AvgIpc) is 2.10. The monoisotopic (exact) mass is 176 g/mol. The van der Waals surface area contributed by atoms with Gasteiger partial charge in [0.2, 0.25) is 5.91 Å². The zero-order chi connectivity index (χ0) is 9.40. The van der Waals surface area contributed by atoms with Crippen molar-refractivity contribution in [1.29, 1.82) is 0 Å². The van der Waals surface area contributed by atoms with Crippen molar-refractivity contribution >= 4 is 5.91 Å². The summed E-state index contributed by atoms with van der Waals surface area (Å²) in [5, 5.41) is 19.7. The van der Waals surface area contributed by atoms with Crippen LogP contribution in [0.4, 0.5) is 0 Å². The molecule has 0 bridgehead atoms. The molecule has 0 aliphatic heterocycles. The SMILES string of the molecule is NCCCC(=O)NCC(O)CO. The zero-order valence-corrected chi connectivity index (χ0v) is 6.99. The summed E-state index contributed by atoms with van der Waals surface area (Å²) >= 11 is 0. The van der Waals surface area contributed by atoms with E-state index < -0.39 is 6.10 Å². The Hall–Kier alpha value is -0.650. The average molecular weight is 176 g/mol. The largest absolute Gasteiger partial charge is 0.394 e. The van der Waals surface area contributed by atoms with Crippen LogP contribution in [0.2, 0.25) is 0 Å². The molecular weight excluding hydrogens is 160 g/mol. The molecule has 5 nitrogen and oxygen atoms in total. The molecule has 0 saturated heterocycles. The van der Waals surface area contributed by atoms with Gasteiger partial charge in [-0.3, -0.25) is 4.79 Å². The molecule has 0 radical (unpaired) electrons. The molecule has 5 N–H and O–H groups in total. The molecule has 0 aromatic carbocycles. The van der Waals surface area contributed by atoms with Crippen LogP contribution in [0, 0.1) is 0 Å². The van der Waals surface area contributed by atoms with Gasteiger partial charge in [-0.05, 0) is 13.0 Å². The molecule has 0 aliphatic rings. The highest BCUT2D eigenvalue weighted by Crippen LogP contribution is 1.85. The maximum absolute atomic E-state index is 10.9. The molecule has 72 valence electrons. The van der Waals surface area contributed by atoms with Crippen LogP contribution >= 0.6 is 0 Å². The third-order valence-corrected chi connectivity index (χ3v) is 1.35.